The molecule has 0 saturated carbocycles. The molecule has 0 spiro atoms. The molecule has 3 N–H and O–H groups in total. The second-order valence-corrected chi connectivity index (χ2v) is 4.66. The van der Waals surface area contributed by atoms with Crippen LogP contribution in [0.15, 0.2) is 48.5 Å². The van der Waals surface area contributed by atoms with Gasteiger partial charge in [0.2, 0.25) is 5.91 Å². The number of aromatic carboxylic acids is 1. The number of nitrogens with one attached hydrogen (secondary N) is 1. The van der Waals surface area contributed by atoms with Crippen LogP contribution in [-0.4, -0.2) is 22.1 Å². The topological polar surface area (TPSA) is 86.6 Å². The van der Waals surface area contributed by atoms with Gasteiger partial charge in [0.15, 0.2) is 0 Å². The number of hydrogen-bond acceptors (Lipinski definition) is 3. The highest BCUT2D eigenvalue weighted by molar-refractivity contribution is 6.02. The second kappa shape index (κ2) is 6.09. The minimum Gasteiger partial charge on any atom is -0.508 e. The minimum atomic E-state index is -1.21. The van der Waals surface area contributed by atoms with E-state index in [-0.39, 0.29) is 22.9 Å². The summed E-state index contributed by atoms with van der Waals surface area (Å²) in [5.41, 5.74) is 0.849. The molecular formula is C16H15NO4. The van der Waals surface area contributed by atoms with Crippen LogP contribution in [0.5, 0.6) is 5.75 Å². The van der Waals surface area contributed by atoms with Crippen LogP contribution in [0.4, 0.5) is 5.69 Å². The minimum absolute atomic E-state index is 0.149. The number of benzene rings is 2. The number of aromatic hydroxyl groups is 1. The highest BCUT2D eigenvalue weighted by Gasteiger charge is 2.18. The van der Waals surface area contributed by atoms with E-state index in [1.807, 2.05) is 30.3 Å². The van der Waals surface area contributed by atoms with E-state index in [1.54, 1.807) is 6.92 Å². The predicted molar refractivity (Wildman–Crippen MR) is 78.6 cm³/mol. The number of amides is 1. The maximum Gasteiger partial charge on any atom is 0.337 e. The van der Waals surface area contributed by atoms with Gasteiger partial charge in [0.1, 0.15) is 5.75 Å². The van der Waals surface area contributed by atoms with Crippen molar-refractivity contribution >= 4 is 17.6 Å². The van der Waals surface area contributed by atoms with Gasteiger partial charge in [0, 0.05) is 0 Å². The monoisotopic (exact) mass is 285 g/mol. The molecule has 5 nitrogen and oxygen atoms in total. The average Bonchev–Trinajstić information content (AvgIpc) is 2.49. The summed E-state index contributed by atoms with van der Waals surface area (Å²) >= 11 is 0. The van der Waals surface area contributed by atoms with Crippen molar-refractivity contribution in [2.75, 3.05) is 5.32 Å². The lowest BCUT2D eigenvalue weighted by Gasteiger charge is -2.14. The molecule has 0 fully saturated rings. The summed E-state index contributed by atoms with van der Waals surface area (Å²) in [5, 5.41) is 21.0. The van der Waals surface area contributed by atoms with Crippen molar-refractivity contribution in [3.63, 3.8) is 0 Å². The van der Waals surface area contributed by atoms with Gasteiger partial charge in [-0.25, -0.2) is 4.79 Å². The Balaban J connectivity index is 2.22. The van der Waals surface area contributed by atoms with E-state index in [4.69, 9.17) is 5.11 Å². The van der Waals surface area contributed by atoms with Crippen molar-refractivity contribution < 1.29 is 19.8 Å². The molecule has 2 aromatic rings. The van der Waals surface area contributed by atoms with Gasteiger partial charge >= 0.3 is 5.97 Å². The number of anilines is 1. The van der Waals surface area contributed by atoms with Gasteiger partial charge in [-0.05, 0) is 30.7 Å². The molecule has 0 aliphatic rings. The van der Waals surface area contributed by atoms with Crippen molar-refractivity contribution in [2.45, 2.75) is 12.8 Å². The van der Waals surface area contributed by atoms with E-state index in [0.29, 0.717) is 0 Å². The molecule has 0 heterocycles. The number of phenolic OH excluding ortho intramolecular Hbond substituents is 1. The molecule has 0 aliphatic carbocycles. The SMILES string of the molecule is CC(C(=O)Nc1ccc(O)cc1C(=O)O)c1ccccc1. The van der Waals surface area contributed by atoms with Gasteiger partial charge in [-0.1, -0.05) is 30.3 Å². The Morgan fingerprint density at radius 1 is 1.10 bits per heavy atom. The molecule has 2 rings (SSSR count). The molecule has 21 heavy (non-hydrogen) atoms. The molecule has 0 bridgehead atoms. The Hall–Kier alpha value is -2.82. The Kier molecular flexibility index (Phi) is 4.23. The highest BCUT2D eigenvalue weighted by Crippen LogP contribution is 2.23. The van der Waals surface area contributed by atoms with Crippen LogP contribution in [0.2, 0.25) is 0 Å². The third-order valence-corrected chi connectivity index (χ3v) is 3.18. The zero-order valence-corrected chi connectivity index (χ0v) is 11.4. The molecule has 1 atom stereocenters. The molecular weight excluding hydrogens is 270 g/mol. The van der Waals surface area contributed by atoms with Crippen LogP contribution in [0, 0.1) is 0 Å². The summed E-state index contributed by atoms with van der Waals surface area (Å²) < 4.78 is 0. The third kappa shape index (κ3) is 3.39. The molecule has 2 aromatic carbocycles. The fourth-order valence-corrected chi connectivity index (χ4v) is 1.95. The van der Waals surface area contributed by atoms with Gasteiger partial charge < -0.3 is 15.5 Å². The maximum absolute atomic E-state index is 12.2. The molecule has 1 unspecified atom stereocenters. The molecule has 0 aliphatic heterocycles. The largest absolute Gasteiger partial charge is 0.508 e. The molecule has 108 valence electrons. The lowest BCUT2D eigenvalue weighted by Crippen LogP contribution is -2.20. The van der Waals surface area contributed by atoms with Crippen LogP contribution in [0.1, 0.15) is 28.8 Å². The van der Waals surface area contributed by atoms with Gasteiger partial charge in [0.05, 0.1) is 17.2 Å². The summed E-state index contributed by atoms with van der Waals surface area (Å²) in [7, 11) is 0. The molecule has 5 heteroatoms. The first-order valence-corrected chi connectivity index (χ1v) is 6.41. The first-order valence-electron chi connectivity index (χ1n) is 6.41. The Labute approximate surface area is 121 Å². The first-order chi connectivity index (χ1) is 9.99. The second-order valence-electron chi connectivity index (χ2n) is 4.66. The average molecular weight is 285 g/mol. The Morgan fingerprint density at radius 2 is 1.76 bits per heavy atom. The quantitative estimate of drug-likeness (QED) is 0.754. The smallest absolute Gasteiger partial charge is 0.337 e. The fourth-order valence-electron chi connectivity index (χ4n) is 1.95. The van der Waals surface area contributed by atoms with Crippen molar-refractivity contribution in [3.05, 3.63) is 59.7 Å². The fraction of sp³-hybridized carbons (Fsp3) is 0.125. The van der Waals surface area contributed by atoms with Crippen LogP contribution in [0.25, 0.3) is 0 Å². The van der Waals surface area contributed by atoms with E-state index in [0.717, 1.165) is 11.6 Å². The van der Waals surface area contributed by atoms with Gasteiger partial charge in [0.25, 0.3) is 0 Å². The first kappa shape index (κ1) is 14.6. The lowest BCUT2D eigenvalue weighted by molar-refractivity contribution is -0.117. The summed E-state index contributed by atoms with van der Waals surface area (Å²) in [6, 6.07) is 13.0. The number of carbonyl (C=O) groups excluding carboxylic acids is 1. The van der Waals surface area contributed by atoms with E-state index < -0.39 is 11.9 Å². The van der Waals surface area contributed by atoms with E-state index in [1.165, 1.54) is 12.1 Å². The normalized spacial score (nSPS) is 11.7. The number of phenols is 1. The Morgan fingerprint density at radius 3 is 2.38 bits per heavy atom. The van der Waals surface area contributed by atoms with Crippen molar-refractivity contribution in [3.8, 4) is 5.75 Å². The van der Waals surface area contributed by atoms with Gasteiger partial charge in [-0.3, -0.25) is 4.79 Å². The third-order valence-electron chi connectivity index (χ3n) is 3.18. The van der Waals surface area contributed by atoms with Crippen LogP contribution >= 0.6 is 0 Å². The van der Waals surface area contributed by atoms with Crippen molar-refractivity contribution in [2.24, 2.45) is 0 Å². The highest BCUT2D eigenvalue weighted by atomic mass is 16.4. The standard InChI is InChI=1S/C16H15NO4/c1-10(11-5-3-2-4-6-11)15(19)17-14-8-7-12(18)9-13(14)16(20)21/h2-10,18H,1H3,(H,17,19)(H,20,21). The predicted octanol–water partition coefficient (Wildman–Crippen LogP) is 2.83. The summed E-state index contributed by atoms with van der Waals surface area (Å²) in [6.45, 7) is 1.74. The number of hydrogen-bond donors (Lipinski definition) is 3. The number of rotatable bonds is 4. The number of carboxylic acids is 1. The summed E-state index contributed by atoms with van der Waals surface area (Å²) in [4.78, 5) is 23.3. The maximum atomic E-state index is 12.2. The van der Waals surface area contributed by atoms with Crippen LogP contribution in [-0.2, 0) is 4.79 Å². The van der Waals surface area contributed by atoms with Crippen LogP contribution < -0.4 is 5.32 Å². The summed E-state index contributed by atoms with van der Waals surface area (Å²) in [6.07, 6.45) is 0. The van der Waals surface area contributed by atoms with Gasteiger partial charge in [-0.2, -0.15) is 0 Å². The number of carboxylic acid groups (broad SMARTS) is 1. The zero-order chi connectivity index (χ0) is 15.4. The Bertz CT molecular complexity index is 667. The molecule has 0 aromatic heterocycles. The van der Waals surface area contributed by atoms with Crippen molar-refractivity contribution in [1.82, 2.24) is 0 Å². The van der Waals surface area contributed by atoms with Gasteiger partial charge in [-0.15, -0.1) is 0 Å². The molecule has 0 saturated heterocycles. The zero-order valence-electron chi connectivity index (χ0n) is 11.4. The summed E-state index contributed by atoms with van der Waals surface area (Å²) in [5.74, 6) is -2.11. The van der Waals surface area contributed by atoms with E-state index >= 15 is 0 Å². The van der Waals surface area contributed by atoms with Crippen molar-refractivity contribution in [1.29, 1.82) is 0 Å². The number of carbonyl (C=O) groups is 2. The molecule has 0 radical (unpaired) electrons. The molecule has 1 amide bonds. The van der Waals surface area contributed by atoms with E-state index in [9.17, 15) is 14.7 Å². The lowest BCUT2D eigenvalue weighted by atomic mass is 10.00. The van der Waals surface area contributed by atoms with Crippen LogP contribution in [0.3, 0.4) is 0 Å². The van der Waals surface area contributed by atoms with E-state index in [2.05, 4.69) is 5.32 Å².